The molecule has 0 radical (unpaired) electrons. The molecule has 0 bridgehead atoms. The molecule has 152 valence electrons. The summed E-state index contributed by atoms with van der Waals surface area (Å²) in [6.07, 6.45) is 1.10. The van der Waals surface area contributed by atoms with Gasteiger partial charge in [0.1, 0.15) is 18.4 Å². The van der Waals surface area contributed by atoms with Gasteiger partial charge in [0.2, 0.25) is 15.9 Å². The molecule has 1 N–H and O–H groups in total. The van der Waals surface area contributed by atoms with E-state index in [0.29, 0.717) is 12.3 Å². The summed E-state index contributed by atoms with van der Waals surface area (Å²) < 4.78 is 31.4. The largest absolute Gasteiger partial charge is 0.491 e. The normalized spacial score (nSPS) is 12.3. The van der Waals surface area contributed by atoms with Crippen molar-refractivity contribution in [3.05, 3.63) is 59.2 Å². The Kier molecular flexibility index (Phi) is 7.07. The fourth-order valence-corrected chi connectivity index (χ4v) is 4.12. The number of carbonyl (C=O) groups is 1. The molecule has 6 nitrogen and oxygen atoms in total. The molecule has 0 aliphatic heterocycles. The first kappa shape index (κ1) is 21.8. The maximum absolute atomic E-state index is 12.5. The highest BCUT2D eigenvalue weighted by molar-refractivity contribution is 7.92. The average molecular weight is 405 g/mol. The summed E-state index contributed by atoms with van der Waals surface area (Å²) >= 11 is 0. The Hall–Kier alpha value is -2.54. The van der Waals surface area contributed by atoms with Crippen molar-refractivity contribution in [1.29, 1.82) is 0 Å². The van der Waals surface area contributed by atoms with Crippen molar-refractivity contribution in [3.63, 3.8) is 0 Å². The number of anilines is 1. The lowest BCUT2D eigenvalue weighted by Crippen LogP contribution is -2.48. The highest BCUT2D eigenvalue weighted by Gasteiger charge is 2.28. The van der Waals surface area contributed by atoms with Gasteiger partial charge >= 0.3 is 0 Å². The van der Waals surface area contributed by atoms with Gasteiger partial charge in [0.25, 0.3) is 0 Å². The van der Waals surface area contributed by atoms with Gasteiger partial charge < -0.3 is 10.1 Å². The second-order valence-electron chi connectivity index (χ2n) is 6.98. The van der Waals surface area contributed by atoms with Crippen LogP contribution in [-0.4, -0.2) is 39.8 Å². The fourth-order valence-electron chi connectivity index (χ4n) is 2.94. The number of sulfonamides is 1. The van der Waals surface area contributed by atoms with Gasteiger partial charge in [-0.2, -0.15) is 0 Å². The number of hydrogen-bond acceptors (Lipinski definition) is 4. The number of benzene rings is 2. The van der Waals surface area contributed by atoms with Crippen molar-refractivity contribution in [2.75, 3.05) is 23.7 Å². The molecule has 0 spiro atoms. The Balaban J connectivity index is 1.98. The number of carbonyl (C=O) groups excluding carboxylic acids is 1. The molecule has 1 amide bonds. The number of ether oxygens (including phenoxy) is 1. The molecular formula is C21H28N2O4S. The van der Waals surface area contributed by atoms with Crippen molar-refractivity contribution in [2.24, 2.45) is 0 Å². The molecule has 2 aromatic rings. The first-order chi connectivity index (χ1) is 13.1. The van der Waals surface area contributed by atoms with Gasteiger partial charge in [0.05, 0.1) is 18.5 Å². The van der Waals surface area contributed by atoms with Crippen LogP contribution in [0.1, 0.15) is 23.6 Å². The molecule has 0 saturated heterocycles. The number of amides is 1. The molecule has 2 rings (SSSR count). The van der Waals surface area contributed by atoms with Crippen molar-refractivity contribution in [2.45, 2.75) is 33.7 Å². The highest BCUT2D eigenvalue weighted by Crippen LogP contribution is 2.21. The van der Waals surface area contributed by atoms with Gasteiger partial charge in [0.15, 0.2) is 0 Å². The zero-order chi connectivity index (χ0) is 20.9. The van der Waals surface area contributed by atoms with Crippen LogP contribution in [0.4, 0.5) is 5.69 Å². The van der Waals surface area contributed by atoms with Crippen LogP contribution in [0.25, 0.3) is 0 Å². The van der Waals surface area contributed by atoms with Gasteiger partial charge in [-0.15, -0.1) is 0 Å². The summed E-state index contributed by atoms with van der Waals surface area (Å²) in [6, 6.07) is 12.0. The highest BCUT2D eigenvalue weighted by atomic mass is 32.2. The second kappa shape index (κ2) is 9.10. The Bertz CT molecular complexity index is 924. The fraction of sp³-hybridized carbons (Fsp3) is 0.381. The molecule has 0 heterocycles. The number of hydrogen-bond donors (Lipinski definition) is 1. The SMILES string of the molecule is Cc1ccc(N(C(C)C(=O)NCCOc2ccc(C)cc2C)S(C)(=O)=O)cc1. The molecule has 2 aromatic carbocycles. The third-order valence-electron chi connectivity index (χ3n) is 4.37. The monoisotopic (exact) mass is 404 g/mol. The number of nitrogens with one attached hydrogen (secondary N) is 1. The van der Waals surface area contributed by atoms with Gasteiger partial charge in [-0.3, -0.25) is 9.10 Å². The van der Waals surface area contributed by atoms with E-state index in [1.54, 1.807) is 19.1 Å². The van der Waals surface area contributed by atoms with E-state index in [2.05, 4.69) is 5.32 Å². The summed E-state index contributed by atoms with van der Waals surface area (Å²) in [4.78, 5) is 12.5. The van der Waals surface area contributed by atoms with Crippen LogP contribution in [0.5, 0.6) is 5.75 Å². The van der Waals surface area contributed by atoms with Gasteiger partial charge in [-0.25, -0.2) is 8.42 Å². The van der Waals surface area contributed by atoms with Crippen LogP contribution in [0.3, 0.4) is 0 Å². The maximum Gasteiger partial charge on any atom is 0.243 e. The first-order valence-electron chi connectivity index (χ1n) is 9.13. The van der Waals surface area contributed by atoms with Crippen LogP contribution >= 0.6 is 0 Å². The standard InChI is InChI=1S/C21H28N2O4S/c1-15-6-9-19(10-7-15)23(28(5,25)26)18(4)21(24)22-12-13-27-20-11-8-16(2)14-17(20)3/h6-11,14,18H,12-13H2,1-5H3,(H,22,24). The minimum atomic E-state index is -3.62. The van der Waals surface area contributed by atoms with Crippen molar-refractivity contribution < 1.29 is 17.9 Å². The zero-order valence-electron chi connectivity index (χ0n) is 17.0. The van der Waals surface area contributed by atoms with Gasteiger partial charge in [-0.1, -0.05) is 35.4 Å². The number of nitrogens with zero attached hydrogens (tertiary/aromatic N) is 1. The van der Waals surface area contributed by atoms with Crippen molar-refractivity contribution >= 4 is 21.6 Å². The Morgan fingerprint density at radius 2 is 1.68 bits per heavy atom. The van der Waals surface area contributed by atoms with E-state index in [0.717, 1.165) is 33.0 Å². The minimum absolute atomic E-state index is 0.280. The van der Waals surface area contributed by atoms with E-state index < -0.39 is 16.1 Å². The van der Waals surface area contributed by atoms with E-state index in [9.17, 15) is 13.2 Å². The topological polar surface area (TPSA) is 75.7 Å². The summed E-state index contributed by atoms with van der Waals surface area (Å²) in [5, 5.41) is 2.75. The number of aryl methyl sites for hydroxylation is 3. The van der Waals surface area contributed by atoms with Crippen LogP contribution in [-0.2, 0) is 14.8 Å². The molecule has 0 saturated carbocycles. The van der Waals surface area contributed by atoms with Crippen molar-refractivity contribution in [1.82, 2.24) is 5.32 Å². The molecular weight excluding hydrogens is 376 g/mol. The molecule has 1 atom stereocenters. The Morgan fingerprint density at radius 3 is 2.25 bits per heavy atom. The average Bonchev–Trinajstić information content (AvgIpc) is 2.60. The summed E-state index contributed by atoms with van der Waals surface area (Å²) in [7, 11) is -3.62. The van der Waals surface area contributed by atoms with E-state index >= 15 is 0 Å². The van der Waals surface area contributed by atoms with Crippen LogP contribution < -0.4 is 14.4 Å². The van der Waals surface area contributed by atoms with Gasteiger partial charge in [0, 0.05) is 0 Å². The third-order valence-corrected chi connectivity index (χ3v) is 5.61. The molecule has 0 aliphatic rings. The lowest BCUT2D eigenvalue weighted by molar-refractivity contribution is -0.121. The van der Waals surface area contributed by atoms with E-state index in [-0.39, 0.29) is 12.5 Å². The Morgan fingerprint density at radius 1 is 1.07 bits per heavy atom. The predicted octanol–water partition coefficient (Wildman–Crippen LogP) is 2.96. The smallest absolute Gasteiger partial charge is 0.243 e. The summed E-state index contributed by atoms with van der Waals surface area (Å²) in [5.41, 5.74) is 3.66. The minimum Gasteiger partial charge on any atom is -0.491 e. The van der Waals surface area contributed by atoms with E-state index in [4.69, 9.17) is 4.74 Å². The molecule has 0 aliphatic carbocycles. The molecule has 7 heteroatoms. The summed E-state index contributed by atoms with van der Waals surface area (Å²) in [5.74, 6) is 0.389. The lowest BCUT2D eigenvalue weighted by Gasteiger charge is -2.28. The quantitative estimate of drug-likeness (QED) is 0.687. The first-order valence-corrected chi connectivity index (χ1v) is 11.0. The number of rotatable bonds is 8. The molecule has 0 aromatic heterocycles. The lowest BCUT2D eigenvalue weighted by atomic mass is 10.1. The summed E-state index contributed by atoms with van der Waals surface area (Å²) in [6.45, 7) is 8.05. The van der Waals surface area contributed by atoms with E-state index in [1.807, 2.05) is 51.1 Å². The van der Waals surface area contributed by atoms with Crippen LogP contribution in [0.15, 0.2) is 42.5 Å². The van der Waals surface area contributed by atoms with Crippen LogP contribution in [0, 0.1) is 20.8 Å². The van der Waals surface area contributed by atoms with Gasteiger partial charge in [-0.05, 0) is 51.5 Å². The van der Waals surface area contributed by atoms with Crippen LogP contribution in [0.2, 0.25) is 0 Å². The molecule has 28 heavy (non-hydrogen) atoms. The maximum atomic E-state index is 12.5. The molecule has 0 fully saturated rings. The third kappa shape index (κ3) is 5.73. The van der Waals surface area contributed by atoms with Crippen molar-refractivity contribution in [3.8, 4) is 5.75 Å². The Labute approximate surface area is 167 Å². The molecule has 1 unspecified atom stereocenters. The van der Waals surface area contributed by atoms with E-state index in [1.165, 1.54) is 0 Å². The zero-order valence-corrected chi connectivity index (χ0v) is 17.8. The second-order valence-corrected chi connectivity index (χ2v) is 8.84. The predicted molar refractivity (Wildman–Crippen MR) is 112 cm³/mol.